The molecule has 0 spiro atoms. The van der Waals surface area contributed by atoms with Crippen molar-refractivity contribution in [3.05, 3.63) is 23.8 Å². The lowest BCUT2D eigenvalue weighted by atomic mass is 10.0. The molecule has 0 radical (unpaired) electrons. The number of hydrogen-bond donors (Lipinski definition) is 2. The van der Waals surface area contributed by atoms with Gasteiger partial charge in [0.25, 0.3) is 6.43 Å². The monoisotopic (exact) mass is 325 g/mol. The number of urea groups is 1. The number of anilines is 2. The second kappa shape index (κ2) is 6.52. The van der Waals surface area contributed by atoms with Crippen LogP contribution in [0.15, 0.2) is 18.2 Å². The number of amides is 3. The molecule has 0 bridgehead atoms. The highest BCUT2D eigenvalue weighted by Crippen LogP contribution is 2.30. The minimum Gasteiger partial charge on any atom is -0.333 e. The van der Waals surface area contributed by atoms with Crippen LogP contribution in [0, 0.1) is 0 Å². The molecule has 1 aliphatic heterocycles. The maximum atomic E-state index is 12.6. The fourth-order valence-corrected chi connectivity index (χ4v) is 2.48. The molecule has 1 aromatic rings. The molecular formula is C16H21F2N3O2. The second-order valence-electron chi connectivity index (χ2n) is 6.57. The Kier molecular flexibility index (Phi) is 4.87. The number of hydrogen-bond acceptors (Lipinski definition) is 2. The molecule has 126 valence electrons. The van der Waals surface area contributed by atoms with Crippen molar-refractivity contribution in [3.63, 3.8) is 0 Å². The number of nitrogens with one attached hydrogen (secondary N) is 2. The summed E-state index contributed by atoms with van der Waals surface area (Å²) in [6, 6.07) is 4.59. The van der Waals surface area contributed by atoms with Gasteiger partial charge in [0.2, 0.25) is 5.91 Å². The lowest BCUT2D eigenvalue weighted by Crippen LogP contribution is -2.43. The van der Waals surface area contributed by atoms with Crippen LogP contribution in [0.2, 0.25) is 0 Å². The van der Waals surface area contributed by atoms with E-state index in [9.17, 15) is 18.4 Å². The number of carbonyl (C=O) groups excluding carboxylic acids is 2. The molecule has 0 atom stereocenters. The highest BCUT2D eigenvalue weighted by molar-refractivity contribution is 5.97. The first-order chi connectivity index (χ1) is 10.7. The van der Waals surface area contributed by atoms with Crippen LogP contribution >= 0.6 is 0 Å². The van der Waals surface area contributed by atoms with E-state index < -0.39 is 13.0 Å². The number of aryl methyl sites for hydroxylation is 1. The fraction of sp³-hybridized carbons (Fsp3) is 0.500. The molecule has 2 N–H and O–H groups in total. The first kappa shape index (κ1) is 17.2. The number of benzene rings is 1. The third-order valence-electron chi connectivity index (χ3n) is 3.35. The summed E-state index contributed by atoms with van der Waals surface area (Å²) >= 11 is 0. The quantitative estimate of drug-likeness (QED) is 0.897. The molecule has 1 aromatic carbocycles. The molecule has 7 heteroatoms. The van der Waals surface area contributed by atoms with Crippen LogP contribution in [0.25, 0.3) is 0 Å². The van der Waals surface area contributed by atoms with Gasteiger partial charge in [-0.05, 0) is 51.0 Å². The average Bonchev–Trinajstić information content (AvgIpc) is 2.39. The van der Waals surface area contributed by atoms with Gasteiger partial charge >= 0.3 is 6.03 Å². The second-order valence-corrected chi connectivity index (χ2v) is 6.57. The van der Waals surface area contributed by atoms with E-state index in [1.165, 1.54) is 0 Å². The van der Waals surface area contributed by atoms with Crippen molar-refractivity contribution in [1.29, 1.82) is 0 Å². The molecule has 0 fully saturated rings. The van der Waals surface area contributed by atoms with Gasteiger partial charge in [-0.25, -0.2) is 13.6 Å². The average molecular weight is 325 g/mol. The Hall–Kier alpha value is -2.18. The standard InChI is InChI=1S/C16H21F2N3O2/c1-16(2,3)20-15(23)19-11-5-6-12-10(8-11)4-7-14(22)21(12)9-13(17)18/h5-6,8,13H,4,7,9H2,1-3H3,(H2,19,20,23). The largest absolute Gasteiger partial charge is 0.333 e. The number of alkyl halides is 2. The minimum absolute atomic E-state index is 0.192. The van der Waals surface area contributed by atoms with Gasteiger partial charge in [0.05, 0.1) is 6.54 Å². The number of carbonyl (C=O) groups is 2. The smallest absolute Gasteiger partial charge is 0.319 e. The zero-order chi connectivity index (χ0) is 17.2. The first-order valence-corrected chi connectivity index (χ1v) is 7.46. The molecule has 23 heavy (non-hydrogen) atoms. The topological polar surface area (TPSA) is 61.4 Å². The van der Waals surface area contributed by atoms with E-state index in [-0.39, 0.29) is 23.9 Å². The van der Waals surface area contributed by atoms with Gasteiger partial charge in [-0.15, -0.1) is 0 Å². The van der Waals surface area contributed by atoms with Crippen LogP contribution in [0.3, 0.4) is 0 Å². The van der Waals surface area contributed by atoms with E-state index in [1.54, 1.807) is 18.2 Å². The molecule has 1 heterocycles. The van der Waals surface area contributed by atoms with Gasteiger partial charge in [-0.2, -0.15) is 0 Å². The summed E-state index contributed by atoms with van der Waals surface area (Å²) in [6.45, 7) is 5.00. The lowest BCUT2D eigenvalue weighted by Gasteiger charge is -2.29. The summed E-state index contributed by atoms with van der Waals surface area (Å²) in [5.74, 6) is -0.302. The van der Waals surface area contributed by atoms with E-state index in [0.717, 1.165) is 10.5 Å². The minimum atomic E-state index is -2.58. The summed E-state index contributed by atoms with van der Waals surface area (Å²) < 4.78 is 25.3. The van der Waals surface area contributed by atoms with Crippen molar-refractivity contribution >= 4 is 23.3 Å². The van der Waals surface area contributed by atoms with Crippen LogP contribution in [0.1, 0.15) is 32.8 Å². The molecule has 0 saturated carbocycles. The van der Waals surface area contributed by atoms with Crippen LogP contribution in [-0.4, -0.2) is 30.4 Å². The number of halogens is 2. The lowest BCUT2D eigenvalue weighted by molar-refractivity contribution is -0.119. The van der Waals surface area contributed by atoms with E-state index >= 15 is 0 Å². The molecule has 5 nitrogen and oxygen atoms in total. The molecule has 1 aliphatic rings. The van der Waals surface area contributed by atoms with Gasteiger partial charge in [0.1, 0.15) is 0 Å². The van der Waals surface area contributed by atoms with Gasteiger partial charge in [0, 0.05) is 23.3 Å². The van der Waals surface area contributed by atoms with Crippen molar-refractivity contribution < 1.29 is 18.4 Å². The maximum Gasteiger partial charge on any atom is 0.319 e. The predicted octanol–water partition coefficient (Wildman–Crippen LogP) is 3.15. The van der Waals surface area contributed by atoms with E-state index in [1.807, 2.05) is 20.8 Å². The predicted molar refractivity (Wildman–Crippen MR) is 85.0 cm³/mol. The van der Waals surface area contributed by atoms with Crippen molar-refractivity contribution in [1.82, 2.24) is 5.32 Å². The number of nitrogens with zero attached hydrogens (tertiary/aromatic N) is 1. The fourth-order valence-electron chi connectivity index (χ4n) is 2.48. The van der Waals surface area contributed by atoms with E-state index in [0.29, 0.717) is 17.8 Å². The Balaban J connectivity index is 2.16. The summed E-state index contributed by atoms with van der Waals surface area (Å²) in [6.07, 6.45) is -1.91. The van der Waals surface area contributed by atoms with Crippen LogP contribution in [0.5, 0.6) is 0 Å². The molecule has 0 aliphatic carbocycles. The zero-order valence-corrected chi connectivity index (χ0v) is 13.5. The van der Waals surface area contributed by atoms with Crippen molar-refractivity contribution in [2.45, 2.75) is 45.6 Å². The summed E-state index contributed by atoms with van der Waals surface area (Å²) in [7, 11) is 0. The van der Waals surface area contributed by atoms with Gasteiger partial charge in [-0.3, -0.25) is 4.79 Å². The van der Waals surface area contributed by atoms with Crippen molar-refractivity contribution in [2.24, 2.45) is 0 Å². The zero-order valence-electron chi connectivity index (χ0n) is 13.5. The molecule has 0 aromatic heterocycles. The third-order valence-corrected chi connectivity index (χ3v) is 3.35. The van der Waals surface area contributed by atoms with Gasteiger partial charge in [0.15, 0.2) is 0 Å². The molecule has 0 saturated heterocycles. The van der Waals surface area contributed by atoms with Crippen molar-refractivity contribution in [2.75, 3.05) is 16.8 Å². The normalized spacial score (nSPS) is 14.7. The highest BCUT2D eigenvalue weighted by Gasteiger charge is 2.26. The number of fused-ring (bicyclic) bond motifs is 1. The Morgan fingerprint density at radius 1 is 1.30 bits per heavy atom. The highest BCUT2D eigenvalue weighted by atomic mass is 19.3. The SMILES string of the molecule is CC(C)(C)NC(=O)Nc1ccc2c(c1)CCC(=O)N2CC(F)F. The van der Waals surface area contributed by atoms with Crippen LogP contribution in [0.4, 0.5) is 25.0 Å². The summed E-state index contributed by atoms with van der Waals surface area (Å²) in [5, 5.41) is 5.49. The Labute approximate surface area is 134 Å². The van der Waals surface area contributed by atoms with E-state index in [4.69, 9.17) is 0 Å². The Bertz CT molecular complexity index is 612. The number of rotatable bonds is 3. The first-order valence-electron chi connectivity index (χ1n) is 7.46. The van der Waals surface area contributed by atoms with Crippen LogP contribution < -0.4 is 15.5 Å². The summed E-state index contributed by atoms with van der Waals surface area (Å²) in [5.41, 5.74) is 1.47. The Morgan fingerprint density at radius 3 is 2.61 bits per heavy atom. The summed E-state index contributed by atoms with van der Waals surface area (Å²) in [4.78, 5) is 24.8. The Morgan fingerprint density at radius 2 is 2.00 bits per heavy atom. The molecule has 2 rings (SSSR count). The third kappa shape index (κ3) is 4.64. The van der Waals surface area contributed by atoms with E-state index in [2.05, 4.69) is 10.6 Å². The maximum absolute atomic E-state index is 12.6. The molecule has 0 unspecified atom stereocenters. The van der Waals surface area contributed by atoms with Gasteiger partial charge in [-0.1, -0.05) is 0 Å². The van der Waals surface area contributed by atoms with Gasteiger partial charge < -0.3 is 15.5 Å². The molecular weight excluding hydrogens is 304 g/mol. The van der Waals surface area contributed by atoms with Crippen LogP contribution in [-0.2, 0) is 11.2 Å². The molecule has 3 amide bonds. The van der Waals surface area contributed by atoms with Crippen molar-refractivity contribution in [3.8, 4) is 0 Å².